The fraction of sp³-hybridized carbons (Fsp3) is 0.559. The Labute approximate surface area is 218 Å². The molecule has 1 atom stereocenters. The van der Waals surface area contributed by atoms with E-state index in [9.17, 15) is 0 Å². The third-order valence-electron chi connectivity index (χ3n) is 8.09. The van der Waals surface area contributed by atoms with E-state index in [0.717, 1.165) is 30.6 Å². The molecule has 0 bridgehead atoms. The zero-order valence-electron chi connectivity index (χ0n) is 23.9. The molecule has 35 heavy (non-hydrogen) atoms. The summed E-state index contributed by atoms with van der Waals surface area (Å²) in [7, 11) is 6.33. The molecule has 2 rings (SSSR count). The van der Waals surface area contributed by atoms with Gasteiger partial charge in [0.15, 0.2) is 0 Å². The predicted octanol–water partition coefficient (Wildman–Crippen LogP) is 9.57. The van der Waals surface area contributed by atoms with Gasteiger partial charge in [-0.15, -0.1) is 0 Å². The molecule has 0 N–H and O–H groups in total. The van der Waals surface area contributed by atoms with Crippen molar-refractivity contribution in [1.29, 1.82) is 0 Å². The summed E-state index contributed by atoms with van der Waals surface area (Å²) in [6.07, 6.45) is 17.3. The molecule has 0 nitrogen and oxygen atoms in total. The Balaban J connectivity index is 2.32. The Morgan fingerprint density at radius 1 is 1.03 bits per heavy atom. The maximum atomic E-state index is 6.33. The van der Waals surface area contributed by atoms with Crippen molar-refractivity contribution in [1.82, 2.24) is 0 Å². The van der Waals surface area contributed by atoms with Crippen LogP contribution in [0.25, 0.3) is 0 Å². The summed E-state index contributed by atoms with van der Waals surface area (Å²) >= 11 is 0. The summed E-state index contributed by atoms with van der Waals surface area (Å²) in [5.74, 6) is 0.820. The van der Waals surface area contributed by atoms with Gasteiger partial charge in [-0.1, -0.05) is 20.8 Å². The molecule has 1 aliphatic carbocycles. The van der Waals surface area contributed by atoms with E-state index < -0.39 is 0 Å². The molecule has 1 heteroatoms. The van der Waals surface area contributed by atoms with Crippen molar-refractivity contribution < 1.29 is 0 Å². The second kappa shape index (κ2) is 12.9. The third kappa shape index (κ3) is 8.93. The molecule has 1 unspecified atom stereocenters. The van der Waals surface area contributed by atoms with Crippen LogP contribution in [0.1, 0.15) is 110 Å². The van der Waals surface area contributed by atoms with Gasteiger partial charge in [-0.25, -0.2) is 0 Å². The van der Waals surface area contributed by atoms with Gasteiger partial charge in [0.25, 0.3) is 0 Å². The van der Waals surface area contributed by atoms with Crippen LogP contribution in [0.3, 0.4) is 0 Å². The van der Waals surface area contributed by atoms with Gasteiger partial charge in [0.1, 0.15) is 0 Å². The van der Waals surface area contributed by atoms with Crippen LogP contribution in [0.15, 0.2) is 66.3 Å². The van der Waals surface area contributed by atoms with Crippen LogP contribution in [0.4, 0.5) is 0 Å². The number of hydrogen-bond acceptors (Lipinski definition) is 0. The van der Waals surface area contributed by atoms with Crippen molar-refractivity contribution in [3.63, 3.8) is 0 Å². The third-order valence-corrected chi connectivity index (χ3v) is 8.09. The van der Waals surface area contributed by atoms with Crippen LogP contribution in [0.5, 0.6) is 0 Å². The molecule has 189 valence electrons. The van der Waals surface area contributed by atoms with E-state index >= 15 is 0 Å². The number of benzene rings is 1. The van der Waals surface area contributed by atoms with Crippen molar-refractivity contribution in [2.24, 2.45) is 11.3 Å². The predicted molar refractivity (Wildman–Crippen MR) is 160 cm³/mol. The van der Waals surface area contributed by atoms with E-state index in [1.54, 1.807) is 0 Å². The van der Waals surface area contributed by atoms with E-state index in [1.165, 1.54) is 71.9 Å². The number of rotatable bonds is 11. The first-order chi connectivity index (χ1) is 16.4. The average Bonchev–Trinajstić information content (AvgIpc) is 2.76. The molecule has 0 aliphatic heterocycles. The van der Waals surface area contributed by atoms with E-state index in [-0.39, 0.29) is 10.8 Å². The molecule has 0 saturated heterocycles. The number of hydrogen-bond donors (Lipinski definition) is 0. The van der Waals surface area contributed by atoms with Crippen LogP contribution in [-0.4, -0.2) is 13.0 Å². The normalized spacial score (nSPS) is 17.7. The van der Waals surface area contributed by atoms with Crippen LogP contribution >= 0.6 is 0 Å². The van der Waals surface area contributed by atoms with Gasteiger partial charge >= 0.3 is 198 Å². The van der Waals surface area contributed by atoms with Gasteiger partial charge in [-0.3, -0.25) is 0 Å². The van der Waals surface area contributed by atoms with Gasteiger partial charge < -0.3 is 0 Å². The van der Waals surface area contributed by atoms with Crippen molar-refractivity contribution in [3.05, 3.63) is 83.0 Å². The molecule has 1 fully saturated rings. The Morgan fingerprint density at radius 3 is 2.26 bits per heavy atom. The van der Waals surface area contributed by atoms with E-state index in [1.807, 2.05) is 6.08 Å². The standard InChI is InChI=1S/C34H50B/c1-10-29(20-19-26(3)33(6,7)8)22-31-17-14-18-32(28(31)5)34(9,24-27(4)35)23-25(2)21-30-15-12-11-13-16-30/h10,14,17-20,30H,1-2,11-13,15-16,21-24H2,3-9H3/b26-19+,29-20+. The molecule has 1 aromatic carbocycles. The summed E-state index contributed by atoms with van der Waals surface area (Å²) in [5.41, 5.74) is 9.31. The summed E-state index contributed by atoms with van der Waals surface area (Å²) in [6, 6.07) is 6.81. The zero-order valence-corrected chi connectivity index (χ0v) is 23.9. The SMILES string of the molecule is [B]=C(C)CC(C)(CC(=C)CC1CCCCC1)c1cccc(C/C(C=C)=C/C=C(\C)C(C)(C)C)c1C. The van der Waals surface area contributed by atoms with Gasteiger partial charge in [0.05, 0.1) is 0 Å². The molecule has 0 amide bonds. The van der Waals surface area contributed by atoms with Crippen LogP contribution in [-0.2, 0) is 11.8 Å². The first-order valence-corrected chi connectivity index (χ1v) is 13.7. The van der Waals surface area contributed by atoms with Gasteiger partial charge in [0.2, 0.25) is 0 Å². The Morgan fingerprint density at radius 2 is 1.69 bits per heavy atom. The topological polar surface area (TPSA) is 0 Å². The molecule has 0 aromatic heterocycles. The second-order valence-electron chi connectivity index (χ2n) is 12.5. The first-order valence-electron chi connectivity index (χ1n) is 13.7. The minimum absolute atomic E-state index is 0.0363. The summed E-state index contributed by atoms with van der Waals surface area (Å²) in [5, 5.41) is 0. The quantitative estimate of drug-likeness (QED) is 0.172. The van der Waals surface area contributed by atoms with Crippen molar-refractivity contribution in [2.75, 3.05) is 0 Å². The molecule has 1 radical (unpaired) electrons. The summed E-state index contributed by atoms with van der Waals surface area (Å²) in [6.45, 7) is 24.4. The average molecular weight is 470 g/mol. The van der Waals surface area contributed by atoms with Crippen LogP contribution < -0.4 is 0 Å². The van der Waals surface area contributed by atoms with Crippen molar-refractivity contribution in [2.45, 2.75) is 112 Å². The van der Waals surface area contributed by atoms with E-state index in [2.05, 4.69) is 92.0 Å². The molecular weight excluding hydrogens is 419 g/mol. The zero-order chi connectivity index (χ0) is 26.2. The fourth-order valence-electron chi connectivity index (χ4n) is 5.72. The Bertz CT molecular complexity index is 959. The number of allylic oxidation sites excluding steroid dienone is 6. The monoisotopic (exact) mass is 469 g/mol. The second-order valence-corrected chi connectivity index (χ2v) is 12.5. The molecule has 1 aromatic rings. The Hall–Kier alpha value is -1.89. The van der Waals surface area contributed by atoms with Gasteiger partial charge in [0, 0.05) is 0 Å². The Kier molecular flexibility index (Phi) is 10.8. The van der Waals surface area contributed by atoms with E-state index in [4.69, 9.17) is 7.49 Å². The minimum atomic E-state index is -0.0363. The van der Waals surface area contributed by atoms with E-state index in [0.29, 0.717) is 0 Å². The first kappa shape index (κ1) is 29.3. The van der Waals surface area contributed by atoms with Gasteiger partial charge in [-0.05, 0) is 0 Å². The molecule has 0 heterocycles. The maximum absolute atomic E-state index is 6.33. The summed E-state index contributed by atoms with van der Waals surface area (Å²) < 4.78 is 0. The summed E-state index contributed by atoms with van der Waals surface area (Å²) in [4.78, 5) is 0. The van der Waals surface area contributed by atoms with Gasteiger partial charge in [-0.2, -0.15) is 0 Å². The van der Waals surface area contributed by atoms with Crippen LogP contribution in [0.2, 0.25) is 0 Å². The van der Waals surface area contributed by atoms with Crippen molar-refractivity contribution in [3.8, 4) is 0 Å². The molecule has 0 spiro atoms. The van der Waals surface area contributed by atoms with Crippen LogP contribution in [0, 0.1) is 18.3 Å². The van der Waals surface area contributed by atoms with Crippen molar-refractivity contribution >= 4 is 13.0 Å². The molecule has 1 aliphatic rings. The molecular formula is C34H50B. The fourth-order valence-corrected chi connectivity index (χ4v) is 5.72. The molecule has 1 saturated carbocycles.